The lowest BCUT2D eigenvalue weighted by Gasteiger charge is -2.14. The van der Waals surface area contributed by atoms with Gasteiger partial charge in [0.2, 0.25) is 0 Å². The molecule has 1 aliphatic heterocycles. The monoisotopic (exact) mass is 582 g/mol. The van der Waals surface area contributed by atoms with E-state index in [4.69, 9.17) is 30.5 Å². The number of ether oxygens (including phenoxy) is 4. The van der Waals surface area contributed by atoms with Crippen molar-refractivity contribution in [2.45, 2.75) is 6.92 Å². The van der Waals surface area contributed by atoms with Crippen molar-refractivity contribution in [3.05, 3.63) is 82.2 Å². The summed E-state index contributed by atoms with van der Waals surface area (Å²) in [6, 6.07) is 18.9. The molecule has 1 N–H and O–H groups in total. The van der Waals surface area contributed by atoms with Crippen molar-refractivity contribution in [3.8, 4) is 23.0 Å². The molecule has 0 aromatic heterocycles. The van der Waals surface area contributed by atoms with E-state index < -0.39 is 5.91 Å². The number of nitrogens with zero attached hydrogens (tertiary/aromatic N) is 1. The van der Waals surface area contributed by atoms with Gasteiger partial charge in [0.15, 0.2) is 29.6 Å². The van der Waals surface area contributed by atoms with Crippen LogP contribution in [0, 0.1) is 0 Å². The Morgan fingerprint density at radius 3 is 2.40 bits per heavy atom. The van der Waals surface area contributed by atoms with Crippen molar-refractivity contribution >= 4 is 52.2 Å². The predicted molar refractivity (Wildman–Crippen MR) is 154 cm³/mol. The summed E-state index contributed by atoms with van der Waals surface area (Å²) in [6.45, 7) is 2.16. The average Bonchev–Trinajstić information content (AvgIpc) is 3.21. The van der Waals surface area contributed by atoms with E-state index >= 15 is 0 Å². The Kier molecular flexibility index (Phi) is 9.93. The summed E-state index contributed by atoms with van der Waals surface area (Å²) in [5.41, 5.74) is 1.23. The molecule has 1 saturated heterocycles. The first kappa shape index (κ1) is 28.8. The van der Waals surface area contributed by atoms with Crippen molar-refractivity contribution in [2.75, 3.05) is 38.8 Å². The molecule has 1 heterocycles. The van der Waals surface area contributed by atoms with E-state index in [2.05, 4.69) is 5.32 Å². The highest BCUT2D eigenvalue weighted by molar-refractivity contribution is 8.18. The summed E-state index contributed by atoms with van der Waals surface area (Å²) < 4.78 is 22.3. The van der Waals surface area contributed by atoms with Crippen LogP contribution < -0.4 is 24.3 Å². The molecule has 3 amide bonds. The SMILES string of the molecule is CCOc1cc(/C=C2\SC(=O)N(CCOc3ccccc3OC)C2=O)ccc1OCC(=O)Nc1ccc(Cl)cc1. The van der Waals surface area contributed by atoms with E-state index in [0.717, 1.165) is 16.7 Å². The fourth-order valence-corrected chi connectivity index (χ4v) is 4.70. The van der Waals surface area contributed by atoms with E-state index in [9.17, 15) is 14.4 Å². The Bertz CT molecular complexity index is 1410. The number of para-hydroxylation sites is 2. The van der Waals surface area contributed by atoms with Crippen molar-refractivity contribution in [3.63, 3.8) is 0 Å². The Morgan fingerprint density at radius 2 is 1.68 bits per heavy atom. The molecule has 0 atom stereocenters. The third-order valence-electron chi connectivity index (χ3n) is 5.57. The highest BCUT2D eigenvalue weighted by Crippen LogP contribution is 2.35. The van der Waals surface area contributed by atoms with Crippen LogP contribution in [0.1, 0.15) is 12.5 Å². The number of carbonyl (C=O) groups excluding carboxylic acids is 3. The van der Waals surface area contributed by atoms with Gasteiger partial charge in [0.25, 0.3) is 17.1 Å². The molecule has 3 aromatic carbocycles. The number of rotatable bonds is 12. The van der Waals surface area contributed by atoms with Gasteiger partial charge in [-0.05, 0) is 78.9 Å². The van der Waals surface area contributed by atoms with Gasteiger partial charge in [0.1, 0.15) is 6.61 Å². The number of imide groups is 1. The second-order valence-electron chi connectivity index (χ2n) is 8.32. The molecule has 40 heavy (non-hydrogen) atoms. The van der Waals surface area contributed by atoms with Crippen LogP contribution in [-0.4, -0.2) is 55.4 Å². The third kappa shape index (κ3) is 7.49. The zero-order valence-electron chi connectivity index (χ0n) is 21.8. The number of amides is 3. The number of halogens is 1. The molecule has 1 aliphatic rings. The van der Waals surface area contributed by atoms with Gasteiger partial charge in [-0.2, -0.15) is 0 Å². The molecule has 208 valence electrons. The quantitative estimate of drug-likeness (QED) is 0.264. The molecular formula is C29H27ClN2O7S. The van der Waals surface area contributed by atoms with Gasteiger partial charge in [0, 0.05) is 10.7 Å². The van der Waals surface area contributed by atoms with Crippen LogP contribution in [0.15, 0.2) is 71.6 Å². The number of benzene rings is 3. The largest absolute Gasteiger partial charge is 0.493 e. The number of thioether (sulfide) groups is 1. The number of hydrogen-bond acceptors (Lipinski definition) is 8. The van der Waals surface area contributed by atoms with E-state index in [-0.39, 0.29) is 35.8 Å². The Morgan fingerprint density at radius 1 is 0.950 bits per heavy atom. The summed E-state index contributed by atoms with van der Waals surface area (Å²) in [5.74, 6) is 1.11. The summed E-state index contributed by atoms with van der Waals surface area (Å²) >= 11 is 6.73. The van der Waals surface area contributed by atoms with Crippen molar-refractivity contribution in [1.29, 1.82) is 0 Å². The minimum Gasteiger partial charge on any atom is -0.493 e. The zero-order valence-corrected chi connectivity index (χ0v) is 23.4. The number of carbonyl (C=O) groups is 3. The first-order chi connectivity index (χ1) is 19.4. The zero-order chi connectivity index (χ0) is 28.5. The van der Waals surface area contributed by atoms with Crippen molar-refractivity contribution in [1.82, 2.24) is 4.90 Å². The maximum absolute atomic E-state index is 12.9. The van der Waals surface area contributed by atoms with Crippen molar-refractivity contribution < 1.29 is 33.3 Å². The molecule has 1 fully saturated rings. The molecule has 3 aromatic rings. The summed E-state index contributed by atoms with van der Waals surface area (Å²) in [5, 5.41) is 2.92. The summed E-state index contributed by atoms with van der Waals surface area (Å²) in [6.07, 6.45) is 1.62. The molecule has 0 spiro atoms. The lowest BCUT2D eigenvalue weighted by atomic mass is 10.2. The lowest BCUT2D eigenvalue weighted by Crippen LogP contribution is -2.32. The van der Waals surface area contributed by atoms with Gasteiger partial charge in [-0.3, -0.25) is 19.3 Å². The second-order valence-corrected chi connectivity index (χ2v) is 9.75. The number of nitrogens with one attached hydrogen (secondary N) is 1. The average molecular weight is 583 g/mol. The van der Waals surface area contributed by atoms with Gasteiger partial charge in [-0.15, -0.1) is 0 Å². The molecule has 9 nitrogen and oxygen atoms in total. The smallest absolute Gasteiger partial charge is 0.293 e. The minimum atomic E-state index is -0.407. The van der Waals surface area contributed by atoms with Gasteiger partial charge in [-0.1, -0.05) is 29.8 Å². The molecule has 0 bridgehead atoms. The minimum absolute atomic E-state index is 0.0924. The van der Waals surface area contributed by atoms with Gasteiger partial charge in [0.05, 0.1) is 25.2 Å². The van der Waals surface area contributed by atoms with Crippen LogP contribution in [0.2, 0.25) is 5.02 Å². The van der Waals surface area contributed by atoms with E-state index in [1.54, 1.807) is 67.8 Å². The molecule has 0 aliphatic carbocycles. The van der Waals surface area contributed by atoms with E-state index in [0.29, 0.717) is 45.9 Å². The Hall–Kier alpha value is -4.15. The molecular weight excluding hydrogens is 556 g/mol. The molecule has 4 rings (SSSR count). The maximum atomic E-state index is 12.9. The number of anilines is 1. The molecule has 11 heteroatoms. The third-order valence-corrected chi connectivity index (χ3v) is 6.73. The van der Waals surface area contributed by atoms with Crippen molar-refractivity contribution in [2.24, 2.45) is 0 Å². The normalized spacial score (nSPS) is 13.9. The van der Waals surface area contributed by atoms with Crippen LogP contribution in [0.5, 0.6) is 23.0 Å². The number of methoxy groups -OCH3 is 1. The van der Waals surface area contributed by atoms with Crippen LogP contribution in [0.25, 0.3) is 6.08 Å². The van der Waals surface area contributed by atoms with E-state index in [1.165, 1.54) is 0 Å². The Labute approximate surface area is 241 Å². The van der Waals surface area contributed by atoms with Gasteiger partial charge in [-0.25, -0.2) is 0 Å². The van der Waals surface area contributed by atoms with E-state index in [1.807, 2.05) is 19.1 Å². The molecule has 0 radical (unpaired) electrons. The second kappa shape index (κ2) is 13.8. The summed E-state index contributed by atoms with van der Waals surface area (Å²) in [7, 11) is 1.54. The first-order valence-electron chi connectivity index (χ1n) is 12.3. The standard InChI is InChI=1S/C29H27ClN2O7S/c1-3-37-25-16-19(8-13-24(25)39-18-27(33)31-21-11-9-20(30)10-12-21)17-26-28(34)32(29(35)40-26)14-15-38-23-7-5-4-6-22(23)36-2/h4-13,16-17H,3,14-15,18H2,1-2H3,(H,31,33)/b26-17-. The highest BCUT2D eigenvalue weighted by Gasteiger charge is 2.35. The Balaban J connectivity index is 1.37. The van der Waals surface area contributed by atoms with Gasteiger partial charge < -0.3 is 24.3 Å². The topological polar surface area (TPSA) is 103 Å². The fourth-order valence-electron chi connectivity index (χ4n) is 3.70. The summed E-state index contributed by atoms with van der Waals surface area (Å²) in [4.78, 5) is 39.2. The first-order valence-corrected chi connectivity index (χ1v) is 13.5. The molecule has 0 saturated carbocycles. The highest BCUT2D eigenvalue weighted by atomic mass is 35.5. The molecule has 0 unspecified atom stereocenters. The van der Waals surface area contributed by atoms with Gasteiger partial charge >= 0.3 is 0 Å². The lowest BCUT2D eigenvalue weighted by molar-refractivity contribution is -0.123. The fraction of sp³-hybridized carbons (Fsp3) is 0.207. The predicted octanol–water partition coefficient (Wildman–Crippen LogP) is 5.88. The van der Waals surface area contributed by atoms with Crippen LogP contribution in [-0.2, 0) is 9.59 Å². The number of hydrogen-bond donors (Lipinski definition) is 1. The van der Waals surface area contributed by atoms with Crippen LogP contribution >= 0.6 is 23.4 Å². The van der Waals surface area contributed by atoms with Crippen LogP contribution in [0.3, 0.4) is 0 Å². The maximum Gasteiger partial charge on any atom is 0.293 e. The van der Waals surface area contributed by atoms with Crippen LogP contribution in [0.4, 0.5) is 10.5 Å².